The molecule has 5 nitrogen and oxygen atoms in total. The molecule has 1 fully saturated rings. The van der Waals surface area contributed by atoms with Crippen LogP contribution in [0.25, 0.3) is 0 Å². The van der Waals surface area contributed by atoms with E-state index in [1.54, 1.807) is 16.7 Å². The van der Waals surface area contributed by atoms with Gasteiger partial charge in [-0.15, -0.1) is 0 Å². The summed E-state index contributed by atoms with van der Waals surface area (Å²) in [5.41, 5.74) is 0.0387. The van der Waals surface area contributed by atoms with Gasteiger partial charge in [0.25, 0.3) is 0 Å². The van der Waals surface area contributed by atoms with Gasteiger partial charge >= 0.3 is 6.03 Å². The highest BCUT2D eigenvalue weighted by atomic mass is 32.2. The van der Waals surface area contributed by atoms with Crippen LogP contribution >= 0.6 is 11.8 Å². The molecule has 1 aliphatic rings. The summed E-state index contributed by atoms with van der Waals surface area (Å²) < 4.78 is 5.81. The van der Waals surface area contributed by atoms with Gasteiger partial charge < -0.3 is 20.1 Å². The van der Waals surface area contributed by atoms with Crippen molar-refractivity contribution < 1.29 is 14.6 Å². The summed E-state index contributed by atoms with van der Waals surface area (Å²) in [6.07, 6.45) is 1.23. The van der Waals surface area contributed by atoms with Gasteiger partial charge in [0.05, 0.1) is 5.60 Å². The minimum absolute atomic E-state index is 0.142. The molecule has 2 aromatic rings. The van der Waals surface area contributed by atoms with Gasteiger partial charge in [-0.25, -0.2) is 4.79 Å². The van der Waals surface area contributed by atoms with Crippen LogP contribution in [0.15, 0.2) is 54.6 Å². The third-order valence-electron chi connectivity index (χ3n) is 4.62. The summed E-state index contributed by atoms with van der Waals surface area (Å²) in [5, 5.41) is 13.5. The van der Waals surface area contributed by atoms with Gasteiger partial charge in [-0.1, -0.05) is 31.2 Å². The number of rotatable bonds is 6. The molecule has 144 valence electrons. The Kier molecular flexibility index (Phi) is 6.63. The molecule has 1 saturated heterocycles. The van der Waals surface area contributed by atoms with E-state index in [-0.39, 0.29) is 6.03 Å². The Morgan fingerprint density at radius 1 is 1.15 bits per heavy atom. The first-order valence-electron chi connectivity index (χ1n) is 9.27. The number of nitrogens with zero attached hydrogens (tertiary/aromatic N) is 1. The number of thioether (sulfide) groups is 1. The first kappa shape index (κ1) is 19.6. The Balaban J connectivity index is 1.55. The Labute approximate surface area is 164 Å². The van der Waals surface area contributed by atoms with Gasteiger partial charge in [0.15, 0.2) is 0 Å². The second kappa shape index (κ2) is 9.15. The van der Waals surface area contributed by atoms with E-state index in [0.717, 1.165) is 17.3 Å². The number of piperidine rings is 1. The summed E-state index contributed by atoms with van der Waals surface area (Å²) >= 11 is 1.74. The van der Waals surface area contributed by atoms with Gasteiger partial charge in [0.2, 0.25) is 0 Å². The summed E-state index contributed by atoms with van der Waals surface area (Å²) in [4.78, 5) is 14.3. The molecule has 0 spiro atoms. The number of urea groups is 1. The lowest BCUT2D eigenvalue weighted by atomic mass is 9.94. The van der Waals surface area contributed by atoms with E-state index >= 15 is 0 Å². The van der Waals surface area contributed by atoms with Gasteiger partial charge in [-0.3, -0.25) is 0 Å². The number of hydrogen-bond acceptors (Lipinski definition) is 4. The number of amides is 2. The Morgan fingerprint density at radius 3 is 2.56 bits per heavy atom. The summed E-state index contributed by atoms with van der Waals surface area (Å²) in [7, 11) is 0. The number of para-hydroxylation sites is 1. The smallest absolute Gasteiger partial charge is 0.321 e. The zero-order chi connectivity index (χ0) is 19.1. The SMILES string of the molecule is CCSCC1(O)CCN(C(=O)Nc2cccc(Oc3ccccc3)c2)CC1. The highest BCUT2D eigenvalue weighted by Gasteiger charge is 2.33. The average Bonchev–Trinajstić information content (AvgIpc) is 2.68. The average molecular weight is 387 g/mol. The monoisotopic (exact) mass is 386 g/mol. The molecule has 27 heavy (non-hydrogen) atoms. The van der Waals surface area contributed by atoms with E-state index in [4.69, 9.17) is 4.74 Å². The third-order valence-corrected chi connectivity index (χ3v) is 5.77. The minimum Gasteiger partial charge on any atom is -0.457 e. The standard InChI is InChI=1S/C21H26N2O3S/c1-2-27-16-21(25)11-13-23(14-12-21)20(24)22-17-7-6-10-19(15-17)26-18-8-4-3-5-9-18/h3-10,15,25H,2,11-14,16H2,1H3,(H,22,24). The highest BCUT2D eigenvalue weighted by Crippen LogP contribution is 2.27. The van der Waals surface area contributed by atoms with E-state index in [9.17, 15) is 9.90 Å². The fraction of sp³-hybridized carbons (Fsp3) is 0.381. The van der Waals surface area contributed by atoms with E-state index < -0.39 is 5.60 Å². The number of likely N-dealkylation sites (tertiary alicyclic amines) is 1. The second-order valence-corrected chi connectivity index (χ2v) is 8.00. The van der Waals surface area contributed by atoms with Crippen LogP contribution in [0.1, 0.15) is 19.8 Å². The molecular weight excluding hydrogens is 360 g/mol. The van der Waals surface area contributed by atoms with Crippen molar-refractivity contribution in [3.8, 4) is 11.5 Å². The van der Waals surface area contributed by atoms with Crippen molar-refractivity contribution in [2.75, 3.05) is 29.9 Å². The number of nitrogens with one attached hydrogen (secondary N) is 1. The number of benzene rings is 2. The van der Waals surface area contributed by atoms with E-state index in [0.29, 0.717) is 37.4 Å². The molecule has 2 N–H and O–H groups in total. The van der Waals surface area contributed by atoms with Crippen LogP contribution in [0.3, 0.4) is 0 Å². The predicted molar refractivity (Wildman–Crippen MR) is 111 cm³/mol. The zero-order valence-electron chi connectivity index (χ0n) is 15.6. The molecule has 0 saturated carbocycles. The summed E-state index contributed by atoms with van der Waals surface area (Å²) in [5.74, 6) is 3.15. The van der Waals surface area contributed by atoms with E-state index in [2.05, 4.69) is 12.2 Å². The predicted octanol–water partition coefficient (Wildman–Crippen LogP) is 4.59. The quantitative estimate of drug-likeness (QED) is 0.762. The fourth-order valence-corrected chi connectivity index (χ4v) is 3.90. The second-order valence-electron chi connectivity index (χ2n) is 6.72. The molecule has 1 heterocycles. The first-order chi connectivity index (χ1) is 13.1. The van der Waals surface area contributed by atoms with Crippen LogP contribution < -0.4 is 10.1 Å². The summed E-state index contributed by atoms with van der Waals surface area (Å²) in [6.45, 7) is 3.21. The van der Waals surface area contributed by atoms with Crippen LogP contribution in [0, 0.1) is 0 Å². The van der Waals surface area contributed by atoms with Crippen LogP contribution in [-0.2, 0) is 0 Å². The third kappa shape index (κ3) is 5.65. The van der Waals surface area contributed by atoms with Crippen molar-refractivity contribution in [3.05, 3.63) is 54.6 Å². The lowest BCUT2D eigenvalue weighted by molar-refractivity contribution is 0.00999. The van der Waals surface area contributed by atoms with Gasteiger partial charge in [-0.2, -0.15) is 11.8 Å². The molecule has 0 unspecified atom stereocenters. The molecule has 0 bridgehead atoms. The van der Waals surface area contributed by atoms with Crippen molar-refractivity contribution in [2.45, 2.75) is 25.4 Å². The van der Waals surface area contributed by atoms with Crippen LogP contribution in [0.2, 0.25) is 0 Å². The number of anilines is 1. The van der Waals surface area contributed by atoms with Gasteiger partial charge in [-0.05, 0) is 42.9 Å². The normalized spacial score (nSPS) is 16.0. The lowest BCUT2D eigenvalue weighted by Crippen LogP contribution is -2.49. The maximum atomic E-state index is 12.5. The van der Waals surface area contributed by atoms with Crippen molar-refractivity contribution in [1.82, 2.24) is 4.90 Å². The molecule has 2 amide bonds. The Hall–Kier alpha value is -2.18. The lowest BCUT2D eigenvalue weighted by Gasteiger charge is -2.38. The van der Waals surface area contributed by atoms with Crippen molar-refractivity contribution in [1.29, 1.82) is 0 Å². The highest BCUT2D eigenvalue weighted by molar-refractivity contribution is 7.99. The number of ether oxygens (including phenoxy) is 1. The molecule has 0 aliphatic carbocycles. The molecule has 0 aromatic heterocycles. The van der Waals surface area contributed by atoms with Crippen molar-refractivity contribution in [2.24, 2.45) is 0 Å². The number of hydrogen-bond donors (Lipinski definition) is 2. The Morgan fingerprint density at radius 2 is 1.85 bits per heavy atom. The molecule has 0 radical (unpaired) electrons. The molecule has 3 rings (SSSR count). The Bertz CT molecular complexity index is 746. The molecule has 0 atom stereocenters. The molecule has 2 aromatic carbocycles. The zero-order valence-corrected chi connectivity index (χ0v) is 16.4. The van der Waals surface area contributed by atoms with Crippen molar-refractivity contribution in [3.63, 3.8) is 0 Å². The number of carbonyl (C=O) groups excluding carboxylic acids is 1. The molecule has 1 aliphatic heterocycles. The van der Waals surface area contributed by atoms with Crippen LogP contribution in [-0.4, -0.2) is 46.2 Å². The minimum atomic E-state index is -0.652. The largest absolute Gasteiger partial charge is 0.457 e. The fourth-order valence-electron chi connectivity index (χ4n) is 3.03. The van der Waals surface area contributed by atoms with Gasteiger partial charge in [0, 0.05) is 30.6 Å². The van der Waals surface area contributed by atoms with Gasteiger partial charge in [0.1, 0.15) is 11.5 Å². The maximum Gasteiger partial charge on any atom is 0.321 e. The maximum absolute atomic E-state index is 12.5. The van der Waals surface area contributed by atoms with Crippen LogP contribution in [0.5, 0.6) is 11.5 Å². The first-order valence-corrected chi connectivity index (χ1v) is 10.4. The van der Waals surface area contributed by atoms with Crippen LogP contribution in [0.4, 0.5) is 10.5 Å². The van der Waals surface area contributed by atoms with Crippen molar-refractivity contribution >= 4 is 23.5 Å². The topological polar surface area (TPSA) is 61.8 Å². The number of aliphatic hydroxyl groups is 1. The molecular formula is C21H26N2O3S. The number of carbonyl (C=O) groups is 1. The molecule has 6 heteroatoms. The van der Waals surface area contributed by atoms with E-state index in [1.807, 2.05) is 54.6 Å². The summed E-state index contributed by atoms with van der Waals surface area (Å²) in [6, 6.07) is 16.8. The van der Waals surface area contributed by atoms with E-state index in [1.165, 1.54) is 0 Å².